The number of alkyl halides is 3. The fraction of sp³-hybridized carbons (Fsp3) is 0.583. The molecule has 94 valence electrons. The van der Waals surface area contributed by atoms with Crippen LogP contribution in [0.2, 0.25) is 0 Å². The maximum atomic E-state index is 12.6. The molecule has 2 nitrogen and oxygen atoms in total. The summed E-state index contributed by atoms with van der Waals surface area (Å²) in [6.07, 6.45) is -1.04. The fourth-order valence-electron chi connectivity index (χ4n) is 2.27. The monoisotopic (exact) mass is 244 g/mol. The molecule has 0 spiro atoms. The first-order valence-electron chi connectivity index (χ1n) is 5.73. The van der Waals surface area contributed by atoms with Crippen LogP contribution in [-0.2, 0) is 6.18 Å². The van der Waals surface area contributed by atoms with Gasteiger partial charge in [0.05, 0.1) is 0 Å². The standard InChI is InChI=1S/C12H15F3N2/c1-8-6-10(9-2-4-16-5-3-9)7-17-11(8)12(13,14)15/h6-7,9,16H,2-5H2,1H3. The molecule has 0 radical (unpaired) electrons. The predicted molar refractivity (Wildman–Crippen MR) is 58.8 cm³/mol. The van der Waals surface area contributed by atoms with Crippen molar-refractivity contribution in [3.05, 3.63) is 29.1 Å². The molecule has 0 aromatic carbocycles. The van der Waals surface area contributed by atoms with Crippen LogP contribution in [0.3, 0.4) is 0 Å². The summed E-state index contributed by atoms with van der Waals surface area (Å²) in [5.41, 5.74) is 0.376. The Hall–Kier alpha value is -1.10. The minimum atomic E-state index is -4.35. The van der Waals surface area contributed by atoms with Crippen molar-refractivity contribution in [2.45, 2.75) is 31.9 Å². The van der Waals surface area contributed by atoms with Gasteiger partial charge >= 0.3 is 6.18 Å². The largest absolute Gasteiger partial charge is 0.433 e. The van der Waals surface area contributed by atoms with Crippen LogP contribution in [0.25, 0.3) is 0 Å². The number of hydrogen-bond donors (Lipinski definition) is 1. The molecule has 1 aliphatic rings. The lowest BCUT2D eigenvalue weighted by Crippen LogP contribution is -2.26. The summed E-state index contributed by atoms with van der Waals surface area (Å²) in [6, 6.07) is 1.63. The lowest BCUT2D eigenvalue weighted by molar-refractivity contribution is -0.141. The van der Waals surface area contributed by atoms with E-state index in [1.807, 2.05) is 0 Å². The quantitative estimate of drug-likeness (QED) is 0.821. The van der Waals surface area contributed by atoms with Gasteiger partial charge in [-0.25, -0.2) is 0 Å². The van der Waals surface area contributed by atoms with Gasteiger partial charge in [-0.15, -0.1) is 0 Å². The molecule has 1 aromatic rings. The second-order valence-electron chi connectivity index (χ2n) is 4.46. The summed E-state index contributed by atoms with van der Waals surface area (Å²) >= 11 is 0. The summed E-state index contributed by atoms with van der Waals surface area (Å²) in [5, 5.41) is 3.23. The second kappa shape index (κ2) is 4.64. The highest BCUT2D eigenvalue weighted by molar-refractivity contribution is 5.28. The lowest BCUT2D eigenvalue weighted by atomic mass is 9.90. The van der Waals surface area contributed by atoms with Crippen molar-refractivity contribution in [2.75, 3.05) is 13.1 Å². The number of nitrogens with zero attached hydrogens (tertiary/aromatic N) is 1. The van der Waals surface area contributed by atoms with Crippen LogP contribution in [0.5, 0.6) is 0 Å². The summed E-state index contributed by atoms with van der Waals surface area (Å²) in [6.45, 7) is 3.32. The first kappa shape index (κ1) is 12.4. The second-order valence-corrected chi connectivity index (χ2v) is 4.46. The van der Waals surface area contributed by atoms with Crippen molar-refractivity contribution in [1.29, 1.82) is 0 Å². The lowest BCUT2D eigenvalue weighted by Gasteiger charge is -2.23. The molecule has 17 heavy (non-hydrogen) atoms. The molecule has 5 heteroatoms. The van der Waals surface area contributed by atoms with E-state index >= 15 is 0 Å². The Kier molecular flexibility index (Phi) is 3.38. The predicted octanol–water partition coefficient (Wildman–Crippen LogP) is 2.88. The van der Waals surface area contributed by atoms with Crippen LogP contribution >= 0.6 is 0 Å². The highest BCUT2D eigenvalue weighted by Crippen LogP contribution is 2.32. The van der Waals surface area contributed by atoms with Gasteiger partial charge in [-0.1, -0.05) is 6.07 Å². The molecule has 0 unspecified atom stereocenters. The average Bonchev–Trinajstić information content (AvgIpc) is 2.28. The Labute approximate surface area is 98.2 Å². The summed E-state index contributed by atoms with van der Waals surface area (Å²) < 4.78 is 37.7. The maximum absolute atomic E-state index is 12.6. The van der Waals surface area contributed by atoms with E-state index in [1.54, 1.807) is 6.07 Å². The number of aromatic nitrogens is 1. The summed E-state index contributed by atoms with van der Waals surface area (Å²) in [7, 11) is 0. The number of aryl methyl sites for hydroxylation is 1. The summed E-state index contributed by atoms with van der Waals surface area (Å²) in [4.78, 5) is 3.58. The maximum Gasteiger partial charge on any atom is 0.433 e. The van der Waals surface area contributed by atoms with E-state index in [0.717, 1.165) is 31.5 Å². The smallest absolute Gasteiger partial charge is 0.317 e. The minimum absolute atomic E-state index is 0.216. The molecule has 1 aromatic heterocycles. The first-order valence-corrected chi connectivity index (χ1v) is 5.73. The number of nitrogens with one attached hydrogen (secondary N) is 1. The van der Waals surface area contributed by atoms with Crippen LogP contribution in [0.4, 0.5) is 13.2 Å². The van der Waals surface area contributed by atoms with E-state index in [0.29, 0.717) is 5.92 Å². The Morgan fingerprint density at radius 3 is 2.47 bits per heavy atom. The molecule has 1 aliphatic heterocycles. The Morgan fingerprint density at radius 1 is 1.29 bits per heavy atom. The van der Waals surface area contributed by atoms with Crippen molar-refractivity contribution in [3.63, 3.8) is 0 Å². The van der Waals surface area contributed by atoms with E-state index in [2.05, 4.69) is 10.3 Å². The molecule has 1 fully saturated rings. The van der Waals surface area contributed by atoms with Crippen molar-refractivity contribution < 1.29 is 13.2 Å². The Balaban J connectivity index is 2.24. The van der Waals surface area contributed by atoms with Gasteiger partial charge in [0, 0.05) is 6.20 Å². The van der Waals surface area contributed by atoms with Crippen molar-refractivity contribution in [1.82, 2.24) is 10.3 Å². The molecule has 0 atom stereocenters. The normalized spacial score (nSPS) is 18.4. The van der Waals surface area contributed by atoms with Gasteiger partial charge in [-0.05, 0) is 49.9 Å². The van der Waals surface area contributed by atoms with Crippen LogP contribution in [0, 0.1) is 6.92 Å². The average molecular weight is 244 g/mol. The molecule has 1 N–H and O–H groups in total. The van der Waals surface area contributed by atoms with E-state index in [1.165, 1.54) is 13.1 Å². The minimum Gasteiger partial charge on any atom is -0.317 e. The third-order valence-electron chi connectivity index (χ3n) is 3.18. The van der Waals surface area contributed by atoms with Crippen molar-refractivity contribution in [3.8, 4) is 0 Å². The van der Waals surface area contributed by atoms with E-state index in [4.69, 9.17) is 0 Å². The molecule has 1 saturated heterocycles. The van der Waals surface area contributed by atoms with Gasteiger partial charge in [-0.2, -0.15) is 13.2 Å². The summed E-state index contributed by atoms with van der Waals surface area (Å²) in [5.74, 6) is 0.338. The molecule has 0 saturated carbocycles. The zero-order valence-electron chi connectivity index (χ0n) is 9.64. The Bertz CT molecular complexity index is 395. The number of piperidine rings is 1. The van der Waals surface area contributed by atoms with Crippen LogP contribution in [-0.4, -0.2) is 18.1 Å². The first-order chi connectivity index (χ1) is 7.98. The van der Waals surface area contributed by atoms with Crippen LogP contribution in [0.1, 0.15) is 35.6 Å². The SMILES string of the molecule is Cc1cc(C2CCNCC2)cnc1C(F)(F)F. The van der Waals surface area contributed by atoms with Gasteiger partial charge in [-0.3, -0.25) is 4.98 Å². The molecule has 0 bridgehead atoms. The third-order valence-corrected chi connectivity index (χ3v) is 3.18. The van der Waals surface area contributed by atoms with E-state index in [-0.39, 0.29) is 5.56 Å². The molecular weight excluding hydrogens is 229 g/mol. The molecular formula is C12H15F3N2. The molecule has 0 amide bonds. The number of halogens is 3. The zero-order chi connectivity index (χ0) is 12.5. The highest BCUT2D eigenvalue weighted by Gasteiger charge is 2.34. The van der Waals surface area contributed by atoms with Crippen molar-refractivity contribution in [2.24, 2.45) is 0 Å². The van der Waals surface area contributed by atoms with Gasteiger partial charge in [0.15, 0.2) is 0 Å². The van der Waals surface area contributed by atoms with Gasteiger partial charge in [0.2, 0.25) is 0 Å². The Morgan fingerprint density at radius 2 is 1.94 bits per heavy atom. The molecule has 2 rings (SSSR count). The number of rotatable bonds is 1. The highest BCUT2D eigenvalue weighted by atomic mass is 19.4. The van der Waals surface area contributed by atoms with Gasteiger partial charge < -0.3 is 5.32 Å². The number of hydrogen-bond acceptors (Lipinski definition) is 2. The van der Waals surface area contributed by atoms with Crippen molar-refractivity contribution >= 4 is 0 Å². The number of pyridine rings is 1. The van der Waals surface area contributed by atoms with Gasteiger partial charge in [0.1, 0.15) is 5.69 Å². The van der Waals surface area contributed by atoms with E-state index < -0.39 is 11.9 Å². The van der Waals surface area contributed by atoms with Crippen LogP contribution < -0.4 is 5.32 Å². The van der Waals surface area contributed by atoms with Gasteiger partial charge in [0.25, 0.3) is 0 Å². The van der Waals surface area contributed by atoms with Crippen LogP contribution in [0.15, 0.2) is 12.3 Å². The topological polar surface area (TPSA) is 24.9 Å². The fourth-order valence-corrected chi connectivity index (χ4v) is 2.27. The molecule has 2 heterocycles. The molecule has 0 aliphatic carbocycles. The zero-order valence-corrected chi connectivity index (χ0v) is 9.64. The van der Waals surface area contributed by atoms with E-state index in [9.17, 15) is 13.2 Å². The third kappa shape index (κ3) is 2.77.